The van der Waals surface area contributed by atoms with Gasteiger partial charge in [-0.25, -0.2) is 9.97 Å². The van der Waals surface area contributed by atoms with Crippen molar-refractivity contribution in [2.24, 2.45) is 0 Å². The van der Waals surface area contributed by atoms with Crippen LogP contribution in [-0.2, 0) is 0 Å². The first-order chi connectivity index (χ1) is 8.99. The number of nitrogens with one attached hydrogen (secondary N) is 1. The summed E-state index contributed by atoms with van der Waals surface area (Å²) in [6.45, 7) is 0. The Bertz CT molecular complexity index is 649. The Morgan fingerprint density at radius 2 is 1.95 bits per heavy atom. The quantitative estimate of drug-likeness (QED) is 0.585. The van der Waals surface area contributed by atoms with E-state index in [4.69, 9.17) is 23.2 Å². The number of halogens is 2. The van der Waals surface area contributed by atoms with E-state index < -0.39 is 5.91 Å². The predicted octanol–water partition coefficient (Wildman–Crippen LogP) is 2.45. The highest BCUT2D eigenvalue weighted by Gasteiger charge is 2.15. The molecule has 19 heavy (non-hydrogen) atoms. The third kappa shape index (κ3) is 2.86. The molecule has 2 rings (SSSR count). The zero-order valence-corrected chi connectivity index (χ0v) is 10.8. The maximum absolute atomic E-state index is 11.9. The Balaban J connectivity index is 2.31. The van der Waals surface area contributed by atoms with Crippen LogP contribution >= 0.6 is 23.2 Å². The molecule has 1 heterocycles. The first-order valence-corrected chi connectivity index (χ1v) is 5.74. The predicted molar refractivity (Wildman–Crippen MR) is 69.8 cm³/mol. The summed E-state index contributed by atoms with van der Waals surface area (Å²) in [5.41, 5.74) is -0.120. The van der Waals surface area contributed by atoms with E-state index in [1.54, 1.807) is 0 Å². The number of hydrogen-bond acceptors (Lipinski definition) is 5. The summed E-state index contributed by atoms with van der Waals surface area (Å²) in [6.07, 6.45) is 1.13. The number of rotatable bonds is 2. The van der Waals surface area contributed by atoms with E-state index in [1.807, 2.05) is 0 Å². The summed E-state index contributed by atoms with van der Waals surface area (Å²) in [6, 6.07) is 3.56. The molecular formula is C11H7Cl2N3O3. The Morgan fingerprint density at radius 1 is 1.21 bits per heavy atom. The normalized spacial score (nSPS) is 10.2. The fourth-order valence-electron chi connectivity index (χ4n) is 1.32. The van der Waals surface area contributed by atoms with Gasteiger partial charge in [-0.15, -0.1) is 0 Å². The maximum atomic E-state index is 11.9. The molecule has 0 spiro atoms. The van der Waals surface area contributed by atoms with Crippen LogP contribution in [0.5, 0.6) is 11.5 Å². The van der Waals surface area contributed by atoms with Gasteiger partial charge in [-0.1, -0.05) is 23.2 Å². The molecule has 0 unspecified atom stereocenters. The number of nitrogens with zero attached hydrogens (tertiary/aromatic N) is 2. The molecule has 0 saturated heterocycles. The van der Waals surface area contributed by atoms with Crippen LogP contribution in [0.2, 0.25) is 10.2 Å². The van der Waals surface area contributed by atoms with Gasteiger partial charge in [0.25, 0.3) is 5.91 Å². The van der Waals surface area contributed by atoms with Crippen molar-refractivity contribution in [2.45, 2.75) is 0 Å². The molecule has 0 bridgehead atoms. The van der Waals surface area contributed by atoms with Crippen LogP contribution in [0.4, 0.5) is 5.82 Å². The molecule has 1 aromatic heterocycles. The number of phenolic OH excluding ortho intramolecular Hbond substituents is 2. The van der Waals surface area contributed by atoms with Gasteiger partial charge >= 0.3 is 0 Å². The van der Waals surface area contributed by atoms with E-state index in [1.165, 1.54) is 12.1 Å². The number of hydrogen-bond donors (Lipinski definition) is 3. The Labute approximate surface area is 117 Å². The number of aromatic hydroxyl groups is 2. The van der Waals surface area contributed by atoms with Gasteiger partial charge < -0.3 is 15.5 Å². The molecule has 0 saturated carbocycles. The standard InChI is InChI=1S/C11H7Cl2N3O3/c12-8-9(13)14-4-15-10(8)16-11(19)6-3-5(17)1-2-7(6)18/h1-4,17-18H,(H,14,15,16,19). The lowest BCUT2D eigenvalue weighted by Gasteiger charge is -2.08. The lowest BCUT2D eigenvalue weighted by molar-refractivity contribution is 0.102. The Kier molecular flexibility index (Phi) is 3.73. The summed E-state index contributed by atoms with van der Waals surface area (Å²) in [7, 11) is 0. The molecule has 0 atom stereocenters. The van der Waals surface area contributed by atoms with Gasteiger partial charge in [0.05, 0.1) is 5.56 Å². The zero-order chi connectivity index (χ0) is 14.0. The fourth-order valence-corrected chi connectivity index (χ4v) is 1.59. The number of aromatic nitrogens is 2. The van der Waals surface area contributed by atoms with Crippen molar-refractivity contribution in [1.82, 2.24) is 9.97 Å². The summed E-state index contributed by atoms with van der Waals surface area (Å²) < 4.78 is 0. The lowest BCUT2D eigenvalue weighted by Crippen LogP contribution is -2.13. The highest BCUT2D eigenvalue weighted by Crippen LogP contribution is 2.27. The minimum Gasteiger partial charge on any atom is -0.508 e. The number of benzene rings is 1. The molecule has 98 valence electrons. The van der Waals surface area contributed by atoms with Gasteiger partial charge in [-0.2, -0.15) is 0 Å². The highest BCUT2D eigenvalue weighted by atomic mass is 35.5. The number of phenols is 2. The molecule has 0 aliphatic carbocycles. The van der Waals surface area contributed by atoms with E-state index in [2.05, 4.69) is 15.3 Å². The number of carbonyl (C=O) groups excluding carboxylic acids is 1. The van der Waals surface area contributed by atoms with Crippen LogP contribution in [0, 0.1) is 0 Å². The fraction of sp³-hybridized carbons (Fsp3) is 0. The van der Waals surface area contributed by atoms with Crippen LogP contribution < -0.4 is 5.32 Å². The van der Waals surface area contributed by atoms with E-state index in [9.17, 15) is 15.0 Å². The van der Waals surface area contributed by atoms with E-state index >= 15 is 0 Å². The van der Waals surface area contributed by atoms with Gasteiger partial charge in [-0.3, -0.25) is 4.79 Å². The average molecular weight is 300 g/mol. The molecular weight excluding hydrogens is 293 g/mol. The molecule has 1 aromatic carbocycles. The van der Waals surface area contributed by atoms with Crippen molar-refractivity contribution in [3.63, 3.8) is 0 Å². The smallest absolute Gasteiger partial charge is 0.260 e. The van der Waals surface area contributed by atoms with Gasteiger partial charge in [0, 0.05) is 0 Å². The number of amides is 1. The third-order valence-electron chi connectivity index (χ3n) is 2.20. The number of anilines is 1. The second-order valence-electron chi connectivity index (χ2n) is 3.48. The summed E-state index contributed by atoms with van der Waals surface area (Å²) >= 11 is 11.5. The van der Waals surface area contributed by atoms with Gasteiger partial charge in [-0.05, 0) is 18.2 Å². The minimum absolute atomic E-state index is 0.00732. The molecule has 6 nitrogen and oxygen atoms in total. The van der Waals surface area contributed by atoms with Gasteiger partial charge in [0.2, 0.25) is 0 Å². The molecule has 1 amide bonds. The van der Waals surface area contributed by atoms with Crippen LogP contribution in [-0.4, -0.2) is 26.1 Å². The third-order valence-corrected chi connectivity index (χ3v) is 2.94. The molecule has 0 fully saturated rings. The van der Waals surface area contributed by atoms with Crippen molar-refractivity contribution in [2.75, 3.05) is 5.32 Å². The van der Waals surface area contributed by atoms with E-state index in [0.717, 1.165) is 12.4 Å². The second-order valence-corrected chi connectivity index (χ2v) is 4.22. The summed E-state index contributed by atoms with van der Waals surface area (Å²) in [5.74, 6) is -1.12. The summed E-state index contributed by atoms with van der Waals surface area (Å²) in [4.78, 5) is 19.3. The molecule has 0 aliphatic rings. The van der Waals surface area contributed by atoms with Crippen LogP contribution in [0.1, 0.15) is 10.4 Å². The second kappa shape index (κ2) is 5.29. The Hall–Kier alpha value is -2.05. The number of carbonyl (C=O) groups is 1. The topological polar surface area (TPSA) is 95.3 Å². The maximum Gasteiger partial charge on any atom is 0.260 e. The average Bonchev–Trinajstić information content (AvgIpc) is 2.38. The summed E-state index contributed by atoms with van der Waals surface area (Å²) in [5, 5.41) is 21.2. The molecule has 0 aliphatic heterocycles. The van der Waals surface area contributed by atoms with Crippen LogP contribution in [0.25, 0.3) is 0 Å². The van der Waals surface area contributed by atoms with Crippen molar-refractivity contribution in [1.29, 1.82) is 0 Å². The van der Waals surface area contributed by atoms with Gasteiger partial charge in [0.1, 0.15) is 22.8 Å². The zero-order valence-electron chi connectivity index (χ0n) is 9.26. The molecule has 0 radical (unpaired) electrons. The molecule has 8 heteroatoms. The largest absolute Gasteiger partial charge is 0.508 e. The first kappa shape index (κ1) is 13.4. The Morgan fingerprint density at radius 3 is 2.68 bits per heavy atom. The molecule has 3 N–H and O–H groups in total. The van der Waals surface area contributed by atoms with Crippen LogP contribution in [0.15, 0.2) is 24.5 Å². The first-order valence-electron chi connectivity index (χ1n) is 4.98. The van der Waals surface area contributed by atoms with Crippen molar-refractivity contribution >= 4 is 34.9 Å². The van der Waals surface area contributed by atoms with Crippen molar-refractivity contribution < 1.29 is 15.0 Å². The lowest BCUT2D eigenvalue weighted by atomic mass is 10.2. The molecule has 2 aromatic rings. The van der Waals surface area contributed by atoms with E-state index in [0.29, 0.717) is 0 Å². The highest BCUT2D eigenvalue weighted by molar-refractivity contribution is 6.43. The van der Waals surface area contributed by atoms with Crippen molar-refractivity contribution in [3.05, 3.63) is 40.3 Å². The van der Waals surface area contributed by atoms with E-state index in [-0.39, 0.29) is 33.1 Å². The SMILES string of the molecule is O=C(Nc1ncnc(Cl)c1Cl)c1cc(O)ccc1O. The van der Waals surface area contributed by atoms with Crippen LogP contribution in [0.3, 0.4) is 0 Å². The minimum atomic E-state index is -0.690. The monoisotopic (exact) mass is 299 g/mol. The van der Waals surface area contributed by atoms with Crippen molar-refractivity contribution in [3.8, 4) is 11.5 Å². The van der Waals surface area contributed by atoms with Gasteiger partial charge in [0.15, 0.2) is 11.0 Å².